The molecule has 2 amide bonds. The van der Waals surface area contributed by atoms with Crippen LogP contribution in [-0.2, 0) is 16.1 Å². The number of thioether (sulfide) groups is 1. The number of nitriles is 2. The maximum absolute atomic E-state index is 12.6. The molecule has 0 radical (unpaired) electrons. The van der Waals surface area contributed by atoms with Gasteiger partial charge in [-0.15, -0.1) is 0 Å². The lowest BCUT2D eigenvalue weighted by Crippen LogP contribution is -2.44. The first kappa shape index (κ1) is 20.5. The Hall–Kier alpha value is -2.77. The van der Waals surface area contributed by atoms with Gasteiger partial charge in [0, 0.05) is 18.5 Å². The summed E-state index contributed by atoms with van der Waals surface area (Å²) in [5, 5.41) is 21.8. The topological polar surface area (TPSA) is 97.0 Å². The molecule has 1 aromatic carbocycles. The summed E-state index contributed by atoms with van der Waals surface area (Å²) in [7, 11) is 0. The third-order valence-electron chi connectivity index (χ3n) is 4.62. The van der Waals surface area contributed by atoms with E-state index in [2.05, 4.69) is 11.4 Å². The van der Waals surface area contributed by atoms with Crippen molar-refractivity contribution in [1.82, 2.24) is 10.2 Å². The van der Waals surface area contributed by atoms with Crippen LogP contribution in [0.4, 0.5) is 0 Å². The minimum Gasteiger partial charge on any atom is -0.338 e. The molecular formula is C20H22N4O2S. The van der Waals surface area contributed by atoms with Crippen molar-refractivity contribution >= 4 is 23.6 Å². The quantitative estimate of drug-likeness (QED) is 0.816. The van der Waals surface area contributed by atoms with E-state index in [0.717, 1.165) is 17.3 Å². The molecule has 0 fully saturated rings. The first-order valence-corrected chi connectivity index (χ1v) is 9.63. The van der Waals surface area contributed by atoms with Gasteiger partial charge in [-0.3, -0.25) is 9.59 Å². The summed E-state index contributed by atoms with van der Waals surface area (Å²) in [6, 6.07) is 13.8. The highest BCUT2D eigenvalue weighted by molar-refractivity contribution is 8.03. The van der Waals surface area contributed by atoms with E-state index in [1.165, 1.54) is 0 Å². The standard InChI is InChI=1S/C20H22N4O2S/c1-4-24(12-14-8-6-5-7-9-14)17(25)13-27-19-16(11-22)20(2,3)15(10-21)18(26)23-19/h5-9,15H,4,12-13H2,1-3H3,(H,23,26)/t15-/m0/s1. The Morgan fingerprint density at radius 3 is 2.52 bits per heavy atom. The SMILES string of the molecule is CCN(Cc1ccccc1)C(=O)CSC1=C(C#N)C(C)(C)[C@@H](C#N)C(=O)N1. The minimum atomic E-state index is -0.933. The van der Waals surface area contributed by atoms with E-state index in [4.69, 9.17) is 0 Å². The molecule has 1 heterocycles. The Morgan fingerprint density at radius 1 is 1.30 bits per heavy atom. The van der Waals surface area contributed by atoms with Gasteiger partial charge in [0.25, 0.3) is 0 Å². The lowest BCUT2D eigenvalue weighted by molar-refractivity contribution is -0.129. The molecule has 1 aliphatic rings. The van der Waals surface area contributed by atoms with Crippen LogP contribution in [0.3, 0.4) is 0 Å². The Balaban J connectivity index is 2.13. The van der Waals surface area contributed by atoms with Gasteiger partial charge in [0.1, 0.15) is 5.92 Å². The molecule has 0 bridgehead atoms. The fraction of sp³-hybridized carbons (Fsp3) is 0.400. The van der Waals surface area contributed by atoms with Crippen molar-refractivity contribution in [2.24, 2.45) is 11.3 Å². The second-order valence-corrected chi connectivity index (χ2v) is 7.76. The summed E-state index contributed by atoms with van der Waals surface area (Å²) >= 11 is 1.14. The van der Waals surface area contributed by atoms with Gasteiger partial charge in [0.15, 0.2) is 0 Å². The fourth-order valence-corrected chi connectivity index (χ4v) is 4.02. The minimum absolute atomic E-state index is 0.0781. The lowest BCUT2D eigenvalue weighted by Gasteiger charge is -2.34. The number of allylic oxidation sites excluding steroid dienone is 1. The molecule has 0 unspecified atom stereocenters. The van der Waals surface area contributed by atoms with Crippen molar-refractivity contribution in [2.75, 3.05) is 12.3 Å². The van der Waals surface area contributed by atoms with Crippen molar-refractivity contribution in [2.45, 2.75) is 27.3 Å². The average Bonchev–Trinajstić information content (AvgIpc) is 2.64. The van der Waals surface area contributed by atoms with Gasteiger partial charge in [0.05, 0.1) is 28.5 Å². The zero-order valence-electron chi connectivity index (χ0n) is 15.7. The monoisotopic (exact) mass is 382 g/mol. The Kier molecular flexibility index (Phi) is 6.65. The maximum atomic E-state index is 12.6. The normalized spacial score (nSPS) is 18.3. The summed E-state index contributed by atoms with van der Waals surface area (Å²) < 4.78 is 0. The number of nitrogens with zero attached hydrogens (tertiary/aromatic N) is 3. The van der Waals surface area contributed by atoms with Crippen LogP contribution in [-0.4, -0.2) is 29.0 Å². The fourth-order valence-electron chi connectivity index (χ4n) is 2.94. The van der Waals surface area contributed by atoms with Gasteiger partial charge >= 0.3 is 0 Å². The zero-order chi connectivity index (χ0) is 20.0. The summed E-state index contributed by atoms with van der Waals surface area (Å²) in [5.41, 5.74) is 0.474. The maximum Gasteiger partial charge on any atom is 0.243 e. The first-order valence-electron chi connectivity index (χ1n) is 8.65. The van der Waals surface area contributed by atoms with Crippen molar-refractivity contribution in [1.29, 1.82) is 10.5 Å². The molecule has 0 saturated carbocycles. The van der Waals surface area contributed by atoms with E-state index in [1.54, 1.807) is 18.7 Å². The molecule has 140 valence electrons. The van der Waals surface area contributed by atoms with E-state index in [-0.39, 0.29) is 11.7 Å². The molecule has 0 aromatic heterocycles. The van der Waals surface area contributed by atoms with E-state index in [0.29, 0.717) is 23.7 Å². The molecule has 0 spiro atoms. The highest BCUT2D eigenvalue weighted by Gasteiger charge is 2.44. The molecule has 0 aliphatic carbocycles. The number of rotatable bonds is 6. The predicted octanol–water partition coefficient (Wildman–Crippen LogP) is 2.80. The molecule has 6 nitrogen and oxygen atoms in total. The third-order valence-corrected chi connectivity index (χ3v) is 5.61. The molecule has 1 atom stereocenters. The van der Waals surface area contributed by atoms with Crippen molar-refractivity contribution in [3.63, 3.8) is 0 Å². The largest absolute Gasteiger partial charge is 0.338 e. The van der Waals surface area contributed by atoms with Crippen molar-refractivity contribution in [3.05, 3.63) is 46.5 Å². The molecule has 2 rings (SSSR count). The highest BCUT2D eigenvalue weighted by Crippen LogP contribution is 2.41. The van der Waals surface area contributed by atoms with Crippen LogP contribution in [0.1, 0.15) is 26.3 Å². The summed E-state index contributed by atoms with van der Waals surface area (Å²) in [5.74, 6) is -1.34. The van der Waals surface area contributed by atoms with Gasteiger partial charge in [-0.1, -0.05) is 55.9 Å². The van der Waals surface area contributed by atoms with E-state index in [9.17, 15) is 20.1 Å². The number of hydrogen-bond donors (Lipinski definition) is 1. The molecule has 1 aliphatic heterocycles. The van der Waals surface area contributed by atoms with Crippen LogP contribution >= 0.6 is 11.8 Å². The van der Waals surface area contributed by atoms with Gasteiger partial charge in [-0.25, -0.2) is 0 Å². The summed E-state index contributed by atoms with van der Waals surface area (Å²) in [4.78, 5) is 26.5. The second kappa shape index (κ2) is 8.75. The molecule has 1 aromatic rings. The number of nitrogens with one attached hydrogen (secondary N) is 1. The third kappa shape index (κ3) is 4.50. The Bertz CT molecular complexity index is 834. The van der Waals surface area contributed by atoms with Gasteiger partial charge in [0.2, 0.25) is 11.8 Å². The van der Waals surface area contributed by atoms with Crippen LogP contribution in [0.2, 0.25) is 0 Å². The molecule has 1 N–H and O–H groups in total. The van der Waals surface area contributed by atoms with Crippen LogP contribution in [0, 0.1) is 34.0 Å². The molecule has 7 heteroatoms. The van der Waals surface area contributed by atoms with E-state index >= 15 is 0 Å². The lowest BCUT2D eigenvalue weighted by atomic mass is 9.72. The van der Waals surface area contributed by atoms with Gasteiger partial charge in [-0.05, 0) is 12.5 Å². The summed E-state index contributed by atoms with van der Waals surface area (Å²) in [6.07, 6.45) is 0. The Labute approximate surface area is 163 Å². The average molecular weight is 382 g/mol. The van der Waals surface area contributed by atoms with Crippen molar-refractivity contribution < 1.29 is 9.59 Å². The van der Waals surface area contributed by atoms with E-state index < -0.39 is 17.2 Å². The van der Waals surface area contributed by atoms with Gasteiger partial charge in [-0.2, -0.15) is 10.5 Å². The van der Waals surface area contributed by atoms with Crippen LogP contribution < -0.4 is 5.32 Å². The Morgan fingerprint density at radius 2 is 1.96 bits per heavy atom. The predicted molar refractivity (Wildman–Crippen MR) is 104 cm³/mol. The highest BCUT2D eigenvalue weighted by atomic mass is 32.2. The number of benzene rings is 1. The van der Waals surface area contributed by atoms with Gasteiger partial charge < -0.3 is 10.2 Å². The summed E-state index contributed by atoms with van der Waals surface area (Å²) in [6.45, 7) is 6.39. The first-order chi connectivity index (χ1) is 12.8. The number of carbonyl (C=O) groups excluding carboxylic acids is 2. The second-order valence-electron chi connectivity index (χ2n) is 6.77. The number of hydrogen-bond acceptors (Lipinski definition) is 5. The van der Waals surface area contributed by atoms with Crippen LogP contribution in [0.25, 0.3) is 0 Å². The number of amides is 2. The zero-order valence-corrected chi connectivity index (χ0v) is 16.5. The van der Waals surface area contributed by atoms with Crippen LogP contribution in [0.15, 0.2) is 40.9 Å². The molecule has 27 heavy (non-hydrogen) atoms. The van der Waals surface area contributed by atoms with E-state index in [1.807, 2.05) is 43.3 Å². The smallest absolute Gasteiger partial charge is 0.243 e. The molecule has 0 saturated heterocycles. The molecular weight excluding hydrogens is 360 g/mol. The van der Waals surface area contributed by atoms with Crippen molar-refractivity contribution in [3.8, 4) is 12.1 Å². The van der Waals surface area contributed by atoms with Crippen LogP contribution in [0.5, 0.6) is 0 Å². The number of carbonyl (C=O) groups is 2.